The van der Waals surface area contributed by atoms with Crippen LogP contribution in [0, 0.1) is 0 Å². The largest absolute Gasteiger partial charge is 0.456 e. The minimum atomic E-state index is 0.0536. The van der Waals surface area contributed by atoms with Gasteiger partial charge in [-0.25, -0.2) is 0 Å². The number of aliphatic hydroxyl groups is 1. The SMILES string of the molecule is NC(=S)c1ccc(Cl)cc1Oc1ccccc1CCO. The summed E-state index contributed by atoms with van der Waals surface area (Å²) in [6.45, 7) is 0.0536. The van der Waals surface area contributed by atoms with E-state index in [-0.39, 0.29) is 11.6 Å². The molecule has 0 fully saturated rings. The molecule has 2 aromatic carbocycles. The lowest BCUT2D eigenvalue weighted by Crippen LogP contribution is -2.11. The van der Waals surface area contributed by atoms with Crippen molar-refractivity contribution in [1.82, 2.24) is 0 Å². The molecule has 0 aliphatic rings. The summed E-state index contributed by atoms with van der Waals surface area (Å²) < 4.78 is 5.87. The molecule has 0 bridgehead atoms. The van der Waals surface area contributed by atoms with Gasteiger partial charge in [0.2, 0.25) is 0 Å². The standard InChI is InChI=1S/C15H14ClNO2S/c16-11-5-6-12(15(17)20)14(9-11)19-13-4-2-1-3-10(13)7-8-18/h1-6,9,18H,7-8H2,(H2,17,20). The maximum Gasteiger partial charge on any atom is 0.139 e. The van der Waals surface area contributed by atoms with Gasteiger partial charge in [-0.3, -0.25) is 0 Å². The third kappa shape index (κ3) is 3.48. The Morgan fingerprint density at radius 3 is 2.65 bits per heavy atom. The Morgan fingerprint density at radius 1 is 1.20 bits per heavy atom. The molecule has 0 aliphatic carbocycles. The second kappa shape index (κ2) is 6.70. The normalized spacial score (nSPS) is 10.3. The van der Waals surface area contributed by atoms with Crippen molar-refractivity contribution in [2.24, 2.45) is 5.73 Å². The lowest BCUT2D eigenvalue weighted by atomic mass is 10.1. The van der Waals surface area contributed by atoms with Gasteiger partial charge in [0.25, 0.3) is 0 Å². The highest BCUT2D eigenvalue weighted by Crippen LogP contribution is 2.30. The van der Waals surface area contributed by atoms with Crippen LogP contribution in [0.5, 0.6) is 11.5 Å². The number of benzene rings is 2. The molecule has 0 aliphatic heterocycles. The monoisotopic (exact) mass is 307 g/mol. The van der Waals surface area contributed by atoms with E-state index in [1.54, 1.807) is 18.2 Å². The van der Waals surface area contributed by atoms with E-state index >= 15 is 0 Å². The first-order valence-electron chi connectivity index (χ1n) is 6.08. The summed E-state index contributed by atoms with van der Waals surface area (Å²) in [5, 5.41) is 9.62. The van der Waals surface area contributed by atoms with Crippen LogP contribution >= 0.6 is 23.8 Å². The van der Waals surface area contributed by atoms with Gasteiger partial charge in [-0.1, -0.05) is 42.0 Å². The van der Waals surface area contributed by atoms with Crippen LogP contribution in [-0.4, -0.2) is 16.7 Å². The van der Waals surface area contributed by atoms with Gasteiger partial charge in [-0.2, -0.15) is 0 Å². The van der Waals surface area contributed by atoms with E-state index in [9.17, 15) is 0 Å². The van der Waals surface area contributed by atoms with Crippen LogP contribution in [0.4, 0.5) is 0 Å². The molecule has 0 unspecified atom stereocenters. The Hall–Kier alpha value is -1.62. The number of rotatable bonds is 5. The quantitative estimate of drug-likeness (QED) is 0.832. The highest BCUT2D eigenvalue weighted by molar-refractivity contribution is 7.80. The smallest absolute Gasteiger partial charge is 0.139 e. The second-order valence-electron chi connectivity index (χ2n) is 4.19. The molecular weight excluding hydrogens is 294 g/mol. The maximum absolute atomic E-state index is 9.08. The molecule has 5 heteroatoms. The van der Waals surface area contributed by atoms with Crippen molar-refractivity contribution in [2.75, 3.05) is 6.61 Å². The van der Waals surface area contributed by atoms with E-state index in [1.165, 1.54) is 0 Å². The van der Waals surface area contributed by atoms with Gasteiger partial charge in [0.1, 0.15) is 16.5 Å². The van der Waals surface area contributed by atoms with Gasteiger partial charge < -0.3 is 15.6 Å². The Morgan fingerprint density at radius 2 is 1.95 bits per heavy atom. The molecular formula is C15H14ClNO2S. The molecule has 0 amide bonds. The summed E-state index contributed by atoms with van der Waals surface area (Å²) in [6.07, 6.45) is 0.513. The average Bonchev–Trinajstić information content (AvgIpc) is 2.41. The third-order valence-corrected chi connectivity index (χ3v) is 3.24. The van der Waals surface area contributed by atoms with Crippen LogP contribution in [0.25, 0.3) is 0 Å². The highest BCUT2D eigenvalue weighted by Gasteiger charge is 2.10. The number of para-hydroxylation sites is 1. The van der Waals surface area contributed by atoms with Crippen LogP contribution in [0.2, 0.25) is 5.02 Å². The number of aliphatic hydroxyl groups excluding tert-OH is 1. The van der Waals surface area contributed by atoms with Gasteiger partial charge >= 0.3 is 0 Å². The van der Waals surface area contributed by atoms with E-state index in [0.717, 1.165) is 5.56 Å². The first kappa shape index (κ1) is 14.8. The van der Waals surface area contributed by atoms with Crippen molar-refractivity contribution in [3.63, 3.8) is 0 Å². The van der Waals surface area contributed by atoms with E-state index in [4.69, 9.17) is 39.4 Å². The molecule has 104 valence electrons. The zero-order valence-electron chi connectivity index (χ0n) is 10.7. The molecule has 2 aromatic rings. The van der Waals surface area contributed by atoms with Crippen molar-refractivity contribution >= 4 is 28.8 Å². The molecule has 0 radical (unpaired) electrons. The molecule has 0 saturated heterocycles. The van der Waals surface area contributed by atoms with Gasteiger partial charge in [0.15, 0.2) is 0 Å². The van der Waals surface area contributed by atoms with Gasteiger partial charge in [0.05, 0.1) is 5.56 Å². The molecule has 3 nitrogen and oxygen atoms in total. The highest BCUT2D eigenvalue weighted by atomic mass is 35.5. The second-order valence-corrected chi connectivity index (χ2v) is 5.06. The van der Waals surface area contributed by atoms with Crippen molar-refractivity contribution in [2.45, 2.75) is 6.42 Å². The fourth-order valence-electron chi connectivity index (χ4n) is 1.83. The molecule has 2 rings (SSSR count). The van der Waals surface area contributed by atoms with E-state index in [0.29, 0.717) is 28.5 Å². The van der Waals surface area contributed by atoms with Crippen molar-refractivity contribution in [1.29, 1.82) is 0 Å². The molecule has 20 heavy (non-hydrogen) atoms. The van der Waals surface area contributed by atoms with E-state index in [1.807, 2.05) is 24.3 Å². The zero-order valence-corrected chi connectivity index (χ0v) is 12.2. The van der Waals surface area contributed by atoms with Gasteiger partial charge in [-0.05, 0) is 30.2 Å². The molecule has 0 spiro atoms. The summed E-state index contributed by atoms with van der Waals surface area (Å²) in [7, 11) is 0. The molecule has 3 N–H and O–H groups in total. The topological polar surface area (TPSA) is 55.5 Å². The first-order valence-corrected chi connectivity index (χ1v) is 6.86. The van der Waals surface area contributed by atoms with Gasteiger partial charge in [0, 0.05) is 17.7 Å². The molecule has 0 atom stereocenters. The minimum Gasteiger partial charge on any atom is -0.456 e. The fraction of sp³-hybridized carbons (Fsp3) is 0.133. The van der Waals surface area contributed by atoms with Crippen LogP contribution in [0.3, 0.4) is 0 Å². The molecule has 0 heterocycles. The molecule has 0 aromatic heterocycles. The fourth-order valence-corrected chi connectivity index (χ4v) is 2.16. The first-order chi connectivity index (χ1) is 9.61. The third-order valence-electron chi connectivity index (χ3n) is 2.78. The molecule has 0 saturated carbocycles. The Bertz CT molecular complexity index is 631. The minimum absolute atomic E-state index is 0.0536. The average molecular weight is 308 g/mol. The van der Waals surface area contributed by atoms with Crippen molar-refractivity contribution in [3.8, 4) is 11.5 Å². The van der Waals surface area contributed by atoms with Crippen molar-refractivity contribution in [3.05, 3.63) is 58.6 Å². The van der Waals surface area contributed by atoms with E-state index < -0.39 is 0 Å². The number of hydrogen-bond donors (Lipinski definition) is 2. The van der Waals surface area contributed by atoms with Crippen LogP contribution < -0.4 is 10.5 Å². The number of thiocarbonyl (C=S) groups is 1. The Labute approximate surface area is 127 Å². The van der Waals surface area contributed by atoms with Gasteiger partial charge in [-0.15, -0.1) is 0 Å². The van der Waals surface area contributed by atoms with Crippen LogP contribution in [0.1, 0.15) is 11.1 Å². The van der Waals surface area contributed by atoms with E-state index in [2.05, 4.69) is 0 Å². The summed E-state index contributed by atoms with van der Waals surface area (Å²) in [5.74, 6) is 1.16. The zero-order chi connectivity index (χ0) is 14.5. The number of hydrogen-bond acceptors (Lipinski definition) is 3. The predicted molar refractivity (Wildman–Crippen MR) is 84.6 cm³/mol. The Balaban J connectivity index is 2.39. The summed E-state index contributed by atoms with van der Waals surface area (Å²) >= 11 is 11.0. The number of ether oxygens (including phenoxy) is 1. The Kier molecular flexibility index (Phi) is 4.95. The summed E-state index contributed by atoms with van der Waals surface area (Å²) in [4.78, 5) is 0.247. The van der Waals surface area contributed by atoms with Crippen molar-refractivity contribution < 1.29 is 9.84 Å². The number of halogens is 1. The summed E-state index contributed by atoms with van der Waals surface area (Å²) in [6, 6.07) is 12.6. The lowest BCUT2D eigenvalue weighted by molar-refractivity contribution is 0.298. The maximum atomic E-state index is 9.08. The van der Waals surface area contributed by atoms with Crippen LogP contribution in [0.15, 0.2) is 42.5 Å². The van der Waals surface area contributed by atoms with Crippen LogP contribution in [-0.2, 0) is 6.42 Å². The lowest BCUT2D eigenvalue weighted by Gasteiger charge is -2.13. The number of nitrogens with two attached hydrogens (primary N) is 1. The summed E-state index contributed by atoms with van der Waals surface area (Å²) in [5.41, 5.74) is 7.22. The predicted octanol–water partition coefficient (Wildman–Crippen LogP) is 3.30.